The van der Waals surface area contributed by atoms with Gasteiger partial charge in [-0.05, 0) is 50.1 Å². The highest BCUT2D eigenvalue weighted by atomic mass is 32.1. The Kier molecular flexibility index (Phi) is 5.53. The van der Waals surface area contributed by atoms with Gasteiger partial charge in [0.25, 0.3) is 5.91 Å². The molecule has 132 valence electrons. The van der Waals surface area contributed by atoms with E-state index < -0.39 is 5.97 Å². The molecule has 4 nitrogen and oxygen atoms in total. The van der Waals surface area contributed by atoms with Crippen molar-refractivity contribution in [3.05, 3.63) is 46.7 Å². The molecule has 1 saturated heterocycles. The van der Waals surface area contributed by atoms with Crippen LogP contribution >= 0.6 is 11.3 Å². The Morgan fingerprint density at radius 1 is 1.12 bits per heavy atom. The molecule has 1 aromatic carbocycles. The van der Waals surface area contributed by atoms with Crippen molar-refractivity contribution in [1.29, 1.82) is 0 Å². The number of carbonyl (C=O) groups excluding carboxylic acids is 2. The number of thiophene rings is 1. The van der Waals surface area contributed by atoms with E-state index in [1.165, 1.54) is 11.3 Å². The number of ether oxygens (including phenoxy) is 1. The van der Waals surface area contributed by atoms with Gasteiger partial charge in [-0.15, -0.1) is 11.3 Å². The van der Waals surface area contributed by atoms with Gasteiger partial charge in [0, 0.05) is 17.6 Å². The van der Waals surface area contributed by atoms with E-state index in [9.17, 15) is 9.59 Å². The SMILES string of the molecule is CC1CCCC(C)N1C(=O)COC(=O)c1sccc1-c1ccccc1. The van der Waals surface area contributed by atoms with E-state index in [0.29, 0.717) is 4.88 Å². The zero-order valence-corrected chi connectivity index (χ0v) is 15.4. The summed E-state index contributed by atoms with van der Waals surface area (Å²) in [5.74, 6) is -0.537. The molecule has 2 heterocycles. The fourth-order valence-corrected chi connectivity index (χ4v) is 4.30. The Labute approximate surface area is 152 Å². The number of amides is 1. The van der Waals surface area contributed by atoms with Crippen molar-refractivity contribution in [2.75, 3.05) is 6.61 Å². The highest BCUT2D eigenvalue weighted by Gasteiger charge is 2.29. The molecule has 2 atom stereocenters. The van der Waals surface area contributed by atoms with Crippen LogP contribution < -0.4 is 0 Å². The molecule has 1 aromatic heterocycles. The largest absolute Gasteiger partial charge is 0.451 e. The van der Waals surface area contributed by atoms with Crippen LogP contribution in [0.2, 0.25) is 0 Å². The summed E-state index contributed by atoms with van der Waals surface area (Å²) in [4.78, 5) is 27.4. The van der Waals surface area contributed by atoms with Crippen LogP contribution in [0.15, 0.2) is 41.8 Å². The lowest BCUT2D eigenvalue weighted by Crippen LogP contribution is -2.49. The lowest BCUT2D eigenvalue weighted by atomic mass is 9.97. The van der Waals surface area contributed by atoms with E-state index in [1.54, 1.807) is 0 Å². The molecule has 1 fully saturated rings. The first-order valence-electron chi connectivity index (χ1n) is 8.69. The van der Waals surface area contributed by atoms with Crippen molar-refractivity contribution in [3.8, 4) is 11.1 Å². The third kappa shape index (κ3) is 3.93. The lowest BCUT2D eigenvalue weighted by molar-refractivity contribution is -0.140. The number of benzene rings is 1. The van der Waals surface area contributed by atoms with E-state index in [0.717, 1.165) is 30.4 Å². The monoisotopic (exact) mass is 357 g/mol. The number of likely N-dealkylation sites (tertiary alicyclic amines) is 1. The first-order chi connectivity index (χ1) is 12.1. The number of carbonyl (C=O) groups is 2. The zero-order chi connectivity index (χ0) is 17.8. The highest BCUT2D eigenvalue weighted by molar-refractivity contribution is 7.12. The topological polar surface area (TPSA) is 46.6 Å². The van der Waals surface area contributed by atoms with Crippen LogP contribution in [-0.2, 0) is 9.53 Å². The second kappa shape index (κ2) is 7.83. The minimum absolute atomic E-state index is 0.106. The van der Waals surface area contributed by atoms with Crippen molar-refractivity contribution in [1.82, 2.24) is 4.90 Å². The maximum Gasteiger partial charge on any atom is 0.349 e. The van der Waals surface area contributed by atoms with E-state index >= 15 is 0 Å². The Hall–Kier alpha value is -2.14. The average Bonchev–Trinajstić information content (AvgIpc) is 3.10. The normalized spacial score (nSPS) is 20.3. The summed E-state index contributed by atoms with van der Waals surface area (Å²) < 4.78 is 5.34. The van der Waals surface area contributed by atoms with Gasteiger partial charge in [0.1, 0.15) is 4.88 Å². The summed E-state index contributed by atoms with van der Waals surface area (Å²) in [6.45, 7) is 3.92. The molecule has 5 heteroatoms. The number of hydrogen-bond donors (Lipinski definition) is 0. The van der Waals surface area contributed by atoms with Gasteiger partial charge in [0.05, 0.1) is 0 Å². The summed E-state index contributed by atoms with van der Waals surface area (Å²) in [7, 11) is 0. The Bertz CT molecular complexity index is 730. The fraction of sp³-hybridized carbons (Fsp3) is 0.400. The zero-order valence-electron chi connectivity index (χ0n) is 14.6. The fourth-order valence-electron chi connectivity index (χ4n) is 3.49. The second-order valence-corrected chi connectivity index (χ2v) is 7.45. The third-order valence-electron chi connectivity index (χ3n) is 4.74. The van der Waals surface area contributed by atoms with E-state index in [2.05, 4.69) is 13.8 Å². The number of piperidine rings is 1. The number of esters is 1. The smallest absolute Gasteiger partial charge is 0.349 e. The van der Waals surface area contributed by atoms with Crippen molar-refractivity contribution in [2.24, 2.45) is 0 Å². The predicted molar refractivity (Wildman–Crippen MR) is 99.7 cm³/mol. The molecule has 2 unspecified atom stereocenters. The van der Waals surface area contributed by atoms with Gasteiger partial charge in [-0.1, -0.05) is 30.3 Å². The molecule has 0 radical (unpaired) electrons. The summed E-state index contributed by atoms with van der Waals surface area (Å²) in [5.41, 5.74) is 1.82. The first-order valence-corrected chi connectivity index (χ1v) is 9.57. The first kappa shape index (κ1) is 17.7. The molecule has 1 aliphatic heterocycles. The molecule has 1 amide bonds. The van der Waals surface area contributed by atoms with Crippen LogP contribution in [-0.4, -0.2) is 35.5 Å². The molecular formula is C20H23NO3S. The summed E-state index contributed by atoms with van der Waals surface area (Å²) in [5, 5.41) is 1.87. The molecule has 0 spiro atoms. The van der Waals surface area contributed by atoms with Gasteiger partial charge < -0.3 is 9.64 Å². The molecule has 2 aromatic rings. The summed E-state index contributed by atoms with van der Waals surface area (Å²) >= 11 is 1.34. The molecule has 3 rings (SSSR count). The third-order valence-corrected chi connectivity index (χ3v) is 5.64. The van der Waals surface area contributed by atoms with Gasteiger partial charge in [0.15, 0.2) is 6.61 Å². The number of rotatable bonds is 4. The van der Waals surface area contributed by atoms with Crippen LogP contribution in [0.4, 0.5) is 0 Å². The quantitative estimate of drug-likeness (QED) is 0.764. The molecule has 0 N–H and O–H groups in total. The van der Waals surface area contributed by atoms with Crippen molar-refractivity contribution < 1.29 is 14.3 Å². The van der Waals surface area contributed by atoms with Gasteiger partial charge in [-0.2, -0.15) is 0 Å². The van der Waals surface area contributed by atoms with E-state index in [1.807, 2.05) is 46.7 Å². The average molecular weight is 357 g/mol. The molecule has 0 saturated carbocycles. The van der Waals surface area contributed by atoms with Crippen LogP contribution in [0.3, 0.4) is 0 Å². The van der Waals surface area contributed by atoms with Crippen molar-refractivity contribution >= 4 is 23.2 Å². The number of nitrogens with zero attached hydrogens (tertiary/aromatic N) is 1. The Morgan fingerprint density at radius 2 is 1.80 bits per heavy atom. The second-order valence-electron chi connectivity index (χ2n) is 6.54. The maximum absolute atomic E-state index is 12.5. The standard InChI is InChI=1S/C20H23NO3S/c1-14-7-6-8-15(2)21(14)18(22)13-24-20(23)19-17(11-12-25-19)16-9-4-3-5-10-16/h3-5,9-12,14-15H,6-8,13H2,1-2H3. The van der Waals surface area contributed by atoms with E-state index in [-0.39, 0.29) is 24.6 Å². The Balaban J connectivity index is 1.66. The molecule has 0 aliphatic carbocycles. The molecular weight excluding hydrogens is 334 g/mol. The summed E-state index contributed by atoms with van der Waals surface area (Å²) in [6, 6.07) is 12.0. The maximum atomic E-state index is 12.5. The minimum atomic E-state index is -0.431. The van der Waals surface area contributed by atoms with Gasteiger partial charge >= 0.3 is 5.97 Å². The van der Waals surface area contributed by atoms with Crippen molar-refractivity contribution in [2.45, 2.75) is 45.2 Å². The minimum Gasteiger partial charge on any atom is -0.451 e. The lowest BCUT2D eigenvalue weighted by Gasteiger charge is -2.38. The molecule has 0 bridgehead atoms. The summed E-state index contributed by atoms with van der Waals surface area (Å²) in [6.07, 6.45) is 3.15. The van der Waals surface area contributed by atoms with Crippen LogP contribution in [0.25, 0.3) is 11.1 Å². The van der Waals surface area contributed by atoms with Crippen LogP contribution in [0.1, 0.15) is 42.8 Å². The van der Waals surface area contributed by atoms with Crippen LogP contribution in [0.5, 0.6) is 0 Å². The molecule has 1 aliphatic rings. The van der Waals surface area contributed by atoms with Gasteiger partial charge in [-0.3, -0.25) is 4.79 Å². The van der Waals surface area contributed by atoms with Gasteiger partial charge in [0.2, 0.25) is 0 Å². The van der Waals surface area contributed by atoms with Crippen LogP contribution in [0, 0.1) is 0 Å². The highest BCUT2D eigenvalue weighted by Crippen LogP contribution is 2.29. The van der Waals surface area contributed by atoms with Crippen molar-refractivity contribution in [3.63, 3.8) is 0 Å². The predicted octanol–water partition coefficient (Wildman–Crippen LogP) is 4.36. The van der Waals surface area contributed by atoms with Gasteiger partial charge in [-0.25, -0.2) is 4.79 Å². The molecule has 25 heavy (non-hydrogen) atoms. The Morgan fingerprint density at radius 3 is 2.48 bits per heavy atom. The number of hydrogen-bond acceptors (Lipinski definition) is 4. The van der Waals surface area contributed by atoms with E-state index in [4.69, 9.17) is 4.74 Å².